The number of hydrogen-bond acceptors (Lipinski definition) is 1. The maximum absolute atomic E-state index is 11.3. The van der Waals surface area contributed by atoms with Gasteiger partial charge >= 0.3 is 0 Å². The van der Waals surface area contributed by atoms with E-state index in [-0.39, 0.29) is 5.78 Å². The summed E-state index contributed by atoms with van der Waals surface area (Å²) in [5, 5.41) is 0. The average molecular weight is 213 g/mol. The van der Waals surface area contributed by atoms with E-state index in [1.54, 1.807) is 12.1 Å². The molecule has 1 aliphatic carbocycles. The summed E-state index contributed by atoms with van der Waals surface area (Å²) in [5.41, 5.74) is 1.55. The maximum Gasteiger partial charge on any atom is 0.205 e. The Morgan fingerprint density at radius 3 is 2.54 bits per heavy atom. The minimum Gasteiger partial charge on any atom is -0.291 e. The molecule has 1 nitrogen and oxygen atoms in total. The van der Waals surface area contributed by atoms with E-state index >= 15 is 0 Å². The summed E-state index contributed by atoms with van der Waals surface area (Å²) in [4.78, 5) is 11.3. The van der Waals surface area contributed by atoms with Crippen LogP contribution >= 0.6 is 23.2 Å². The first-order chi connectivity index (χ1) is 6.12. The Morgan fingerprint density at radius 1 is 1.08 bits per heavy atom. The van der Waals surface area contributed by atoms with Crippen molar-refractivity contribution in [1.29, 1.82) is 0 Å². The Labute approximate surface area is 86.0 Å². The molecule has 0 spiro atoms. The number of rotatable bonds is 0. The van der Waals surface area contributed by atoms with Crippen LogP contribution in [0.15, 0.2) is 30.3 Å². The molecular weight excluding hydrogens is 207 g/mol. The van der Waals surface area contributed by atoms with Gasteiger partial charge in [0.25, 0.3) is 0 Å². The fourth-order valence-electron chi connectivity index (χ4n) is 1.33. The molecule has 0 saturated carbocycles. The molecule has 0 bridgehead atoms. The van der Waals surface area contributed by atoms with E-state index in [0.29, 0.717) is 5.56 Å². The van der Waals surface area contributed by atoms with E-state index in [1.165, 1.54) is 6.08 Å². The Hall–Kier alpha value is -0.790. The minimum atomic E-state index is -1.41. The highest BCUT2D eigenvalue weighted by Crippen LogP contribution is 2.40. The number of halogens is 2. The van der Waals surface area contributed by atoms with E-state index in [4.69, 9.17) is 23.2 Å². The third kappa shape index (κ3) is 1.28. The van der Waals surface area contributed by atoms with Gasteiger partial charge in [-0.05, 0) is 11.6 Å². The van der Waals surface area contributed by atoms with Crippen molar-refractivity contribution in [2.75, 3.05) is 0 Å². The van der Waals surface area contributed by atoms with Crippen molar-refractivity contribution in [3.05, 3.63) is 41.5 Å². The molecule has 0 aliphatic heterocycles. The average Bonchev–Trinajstić information content (AvgIpc) is 2.13. The van der Waals surface area contributed by atoms with Gasteiger partial charge in [0.1, 0.15) is 0 Å². The summed E-state index contributed by atoms with van der Waals surface area (Å²) in [6, 6.07) is 7.32. The van der Waals surface area contributed by atoms with Crippen LogP contribution in [-0.4, -0.2) is 5.78 Å². The molecule has 1 aromatic rings. The molecule has 2 rings (SSSR count). The fraction of sp³-hybridized carbons (Fsp3) is 0.100. The first-order valence-corrected chi connectivity index (χ1v) is 4.58. The van der Waals surface area contributed by atoms with E-state index < -0.39 is 4.33 Å². The molecule has 0 heterocycles. The molecule has 3 heteroatoms. The number of carbonyl (C=O) groups excluding carboxylic acids is 1. The van der Waals surface area contributed by atoms with E-state index in [1.807, 2.05) is 18.2 Å². The lowest BCUT2D eigenvalue weighted by molar-refractivity contribution is -0.115. The number of carbonyl (C=O) groups is 1. The van der Waals surface area contributed by atoms with Crippen molar-refractivity contribution in [1.82, 2.24) is 0 Å². The molecule has 1 aliphatic rings. The number of ketones is 1. The third-order valence-electron chi connectivity index (χ3n) is 2.02. The zero-order valence-corrected chi connectivity index (χ0v) is 8.14. The van der Waals surface area contributed by atoms with Gasteiger partial charge < -0.3 is 0 Å². The highest BCUT2D eigenvalue weighted by Gasteiger charge is 2.37. The molecule has 0 unspecified atom stereocenters. The molecule has 0 N–H and O–H groups in total. The molecule has 0 fully saturated rings. The topological polar surface area (TPSA) is 17.1 Å². The highest BCUT2D eigenvalue weighted by molar-refractivity contribution is 6.59. The van der Waals surface area contributed by atoms with E-state index in [9.17, 15) is 4.79 Å². The van der Waals surface area contributed by atoms with Gasteiger partial charge in [-0.15, -0.1) is 0 Å². The summed E-state index contributed by atoms with van der Waals surface area (Å²) in [6.45, 7) is 0. The number of hydrogen-bond donors (Lipinski definition) is 0. The van der Waals surface area contributed by atoms with Crippen molar-refractivity contribution in [3.8, 4) is 0 Å². The van der Waals surface area contributed by atoms with Crippen LogP contribution in [0.25, 0.3) is 6.08 Å². The van der Waals surface area contributed by atoms with Crippen molar-refractivity contribution < 1.29 is 4.79 Å². The van der Waals surface area contributed by atoms with Gasteiger partial charge in [0.2, 0.25) is 4.33 Å². The lowest BCUT2D eigenvalue weighted by Crippen LogP contribution is -2.24. The number of allylic oxidation sites excluding steroid dienone is 1. The van der Waals surface area contributed by atoms with Crippen molar-refractivity contribution in [2.24, 2.45) is 0 Å². The molecule has 0 atom stereocenters. The zero-order chi connectivity index (χ0) is 9.47. The van der Waals surface area contributed by atoms with Crippen molar-refractivity contribution in [3.63, 3.8) is 0 Å². The molecular formula is C10H6Cl2O. The smallest absolute Gasteiger partial charge is 0.205 e. The summed E-state index contributed by atoms with van der Waals surface area (Å²) >= 11 is 11.8. The second kappa shape index (κ2) is 2.86. The molecule has 13 heavy (non-hydrogen) atoms. The molecule has 0 radical (unpaired) electrons. The second-order valence-corrected chi connectivity index (χ2v) is 4.19. The van der Waals surface area contributed by atoms with Crippen molar-refractivity contribution >= 4 is 35.1 Å². The first-order valence-electron chi connectivity index (χ1n) is 3.82. The van der Waals surface area contributed by atoms with Crippen LogP contribution in [0.1, 0.15) is 11.1 Å². The van der Waals surface area contributed by atoms with Crippen LogP contribution in [0, 0.1) is 0 Å². The molecule has 0 aromatic heterocycles. The van der Waals surface area contributed by atoms with Crippen LogP contribution in [-0.2, 0) is 9.13 Å². The normalized spacial score (nSPS) is 18.5. The predicted octanol–water partition coefficient (Wildman–Crippen LogP) is 2.91. The maximum atomic E-state index is 11.3. The summed E-state index contributed by atoms with van der Waals surface area (Å²) in [7, 11) is 0. The Balaban J connectivity index is 2.68. The van der Waals surface area contributed by atoms with Crippen LogP contribution in [0.5, 0.6) is 0 Å². The van der Waals surface area contributed by atoms with Gasteiger partial charge in [-0.2, -0.15) is 0 Å². The summed E-state index contributed by atoms with van der Waals surface area (Å²) < 4.78 is -1.41. The molecule has 1 aromatic carbocycles. The van der Waals surface area contributed by atoms with Crippen LogP contribution in [0.3, 0.4) is 0 Å². The van der Waals surface area contributed by atoms with Gasteiger partial charge in [-0.1, -0.05) is 53.5 Å². The molecule has 0 amide bonds. The predicted molar refractivity (Wildman–Crippen MR) is 53.9 cm³/mol. The monoisotopic (exact) mass is 212 g/mol. The number of benzene rings is 1. The van der Waals surface area contributed by atoms with Gasteiger partial charge in [0.15, 0.2) is 5.78 Å². The lowest BCUT2D eigenvalue weighted by atomic mass is 9.96. The molecule has 66 valence electrons. The summed E-state index contributed by atoms with van der Waals surface area (Å²) in [5.74, 6) is -0.283. The highest BCUT2D eigenvalue weighted by atomic mass is 35.5. The number of alkyl halides is 2. The van der Waals surface area contributed by atoms with E-state index in [0.717, 1.165) is 5.56 Å². The quantitative estimate of drug-likeness (QED) is 0.605. The van der Waals surface area contributed by atoms with Gasteiger partial charge in [0.05, 0.1) is 0 Å². The van der Waals surface area contributed by atoms with Gasteiger partial charge in [-0.25, -0.2) is 0 Å². The lowest BCUT2D eigenvalue weighted by Gasteiger charge is -2.22. The minimum absolute atomic E-state index is 0.283. The Bertz CT molecular complexity index is 394. The van der Waals surface area contributed by atoms with Gasteiger partial charge in [0, 0.05) is 5.56 Å². The first kappa shape index (κ1) is 8.79. The Morgan fingerprint density at radius 2 is 1.77 bits per heavy atom. The van der Waals surface area contributed by atoms with Gasteiger partial charge in [-0.3, -0.25) is 4.79 Å². The fourth-order valence-corrected chi connectivity index (χ4v) is 1.80. The van der Waals surface area contributed by atoms with E-state index in [2.05, 4.69) is 0 Å². The third-order valence-corrected chi connectivity index (χ3v) is 2.80. The second-order valence-electron chi connectivity index (χ2n) is 2.86. The summed E-state index contributed by atoms with van der Waals surface area (Å²) in [6.07, 6.45) is 3.13. The van der Waals surface area contributed by atoms with Crippen LogP contribution < -0.4 is 0 Å². The SMILES string of the molecule is O=C1C=Cc2ccccc2C1(Cl)Cl. The van der Waals surface area contributed by atoms with Crippen molar-refractivity contribution in [2.45, 2.75) is 4.33 Å². The Kier molecular flexibility index (Phi) is 1.94. The standard InChI is InChI=1S/C10H6Cl2O/c11-10(12)8-4-2-1-3-7(8)5-6-9(10)13/h1-6H. The zero-order valence-electron chi connectivity index (χ0n) is 6.63. The van der Waals surface area contributed by atoms with Crippen LogP contribution in [0.4, 0.5) is 0 Å². The number of fused-ring (bicyclic) bond motifs is 1. The van der Waals surface area contributed by atoms with Crippen LogP contribution in [0.2, 0.25) is 0 Å². The molecule has 0 saturated heterocycles. The largest absolute Gasteiger partial charge is 0.291 e.